The van der Waals surface area contributed by atoms with Crippen molar-refractivity contribution >= 4 is 0 Å². The van der Waals surface area contributed by atoms with Crippen LogP contribution in [-0.2, 0) is 6.42 Å². The number of rotatable bonds is 1. The zero-order valence-corrected chi connectivity index (χ0v) is 6.09. The predicted molar refractivity (Wildman–Crippen MR) is 43.8 cm³/mol. The first kappa shape index (κ1) is 6.89. The average Bonchev–Trinajstić information content (AvgIpc) is 2.04. The van der Waals surface area contributed by atoms with Crippen LogP contribution in [0.2, 0.25) is 0 Å². The summed E-state index contributed by atoms with van der Waals surface area (Å²) in [6.07, 6.45) is 6.29. The van der Waals surface area contributed by atoms with Crippen molar-refractivity contribution < 1.29 is 0 Å². The Morgan fingerprint density at radius 2 is 2.10 bits per heavy atom. The van der Waals surface area contributed by atoms with Crippen LogP contribution in [0, 0.1) is 12.3 Å². The van der Waals surface area contributed by atoms with Gasteiger partial charge in [-0.05, 0) is 18.1 Å². The zero-order valence-electron chi connectivity index (χ0n) is 6.09. The highest BCUT2D eigenvalue weighted by Crippen LogP contribution is 2.06. The zero-order chi connectivity index (χ0) is 7.40. The van der Waals surface area contributed by atoms with Crippen LogP contribution in [0.3, 0.4) is 0 Å². The molecule has 0 fully saturated rings. The molecule has 50 valence electrons. The van der Waals surface area contributed by atoms with Crippen LogP contribution in [0.15, 0.2) is 24.3 Å². The predicted octanol–water partition coefficient (Wildman–Crippen LogP) is 2.23. The standard InChI is InChI=1S/C10H10/c1-3-9-7-5-6-8-10(9)4-2/h1,5-8H,4H2,2H3. The molecule has 10 heavy (non-hydrogen) atoms. The highest BCUT2D eigenvalue weighted by molar-refractivity contribution is 5.39. The number of benzene rings is 1. The van der Waals surface area contributed by atoms with Gasteiger partial charge >= 0.3 is 0 Å². The summed E-state index contributed by atoms with van der Waals surface area (Å²) in [5, 5.41) is 0. The Morgan fingerprint density at radius 1 is 1.40 bits per heavy atom. The van der Waals surface area contributed by atoms with E-state index in [0.29, 0.717) is 0 Å². The quantitative estimate of drug-likeness (QED) is 0.511. The molecule has 0 aliphatic heterocycles. The van der Waals surface area contributed by atoms with Crippen LogP contribution in [0.5, 0.6) is 0 Å². The first-order valence-corrected chi connectivity index (χ1v) is 3.43. The molecule has 1 rings (SSSR count). The maximum atomic E-state index is 5.28. The lowest BCUT2D eigenvalue weighted by atomic mass is 10.1. The summed E-state index contributed by atoms with van der Waals surface area (Å²) < 4.78 is 0. The molecular weight excluding hydrogens is 120 g/mol. The van der Waals surface area contributed by atoms with Gasteiger partial charge in [0, 0.05) is 5.56 Å². The Kier molecular flexibility index (Phi) is 2.12. The van der Waals surface area contributed by atoms with Gasteiger partial charge in [0.15, 0.2) is 0 Å². The fourth-order valence-electron chi connectivity index (χ4n) is 0.969. The van der Waals surface area contributed by atoms with Crippen molar-refractivity contribution in [3.05, 3.63) is 35.4 Å². The monoisotopic (exact) mass is 130 g/mol. The Morgan fingerprint density at radius 3 is 2.60 bits per heavy atom. The molecule has 0 spiro atoms. The molecule has 0 amide bonds. The molecule has 0 N–H and O–H groups in total. The van der Waals surface area contributed by atoms with Gasteiger partial charge in [0.25, 0.3) is 0 Å². The Hall–Kier alpha value is -1.22. The van der Waals surface area contributed by atoms with Gasteiger partial charge in [-0.2, -0.15) is 0 Å². The third-order valence-corrected chi connectivity index (χ3v) is 1.55. The summed E-state index contributed by atoms with van der Waals surface area (Å²) >= 11 is 0. The van der Waals surface area contributed by atoms with Crippen LogP contribution < -0.4 is 0 Å². The van der Waals surface area contributed by atoms with Crippen LogP contribution in [0.1, 0.15) is 18.1 Å². The third-order valence-electron chi connectivity index (χ3n) is 1.55. The smallest absolute Gasteiger partial charge is 0.0274 e. The molecule has 0 aliphatic carbocycles. The minimum absolute atomic E-state index is 1.01. The average molecular weight is 130 g/mol. The van der Waals surface area contributed by atoms with Gasteiger partial charge in [0.05, 0.1) is 0 Å². The topological polar surface area (TPSA) is 0 Å². The molecule has 0 heteroatoms. The number of hydrogen-bond acceptors (Lipinski definition) is 0. The second kappa shape index (κ2) is 3.08. The van der Waals surface area contributed by atoms with E-state index in [1.165, 1.54) is 5.56 Å². The Balaban J connectivity index is 3.12. The van der Waals surface area contributed by atoms with Gasteiger partial charge in [-0.25, -0.2) is 0 Å². The maximum absolute atomic E-state index is 5.28. The van der Waals surface area contributed by atoms with E-state index in [-0.39, 0.29) is 0 Å². The van der Waals surface area contributed by atoms with Gasteiger partial charge in [0.1, 0.15) is 0 Å². The minimum atomic E-state index is 1.01. The molecule has 0 nitrogen and oxygen atoms in total. The molecule has 0 saturated heterocycles. The number of hydrogen-bond donors (Lipinski definition) is 0. The second-order valence-electron chi connectivity index (χ2n) is 2.16. The van der Waals surface area contributed by atoms with Gasteiger partial charge in [0.2, 0.25) is 0 Å². The van der Waals surface area contributed by atoms with E-state index in [0.717, 1.165) is 12.0 Å². The minimum Gasteiger partial charge on any atom is -0.115 e. The fraction of sp³-hybridized carbons (Fsp3) is 0.200. The summed E-state index contributed by atoms with van der Waals surface area (Å²) in [7, 11) is 0. The molecule has 0 aliphatic rings. The summed E-state index contributed by atoms with van der Waals surface area (Å²) in [6, 6.07) is 8.02. The summed E-state index contributed by atoms with van der Waals surface area (Å²) in [5.41, 5.74) is 2.27. The van der Waals surface area contributed by atoms with Crippen molar-refractivity contribution in [2.45, 2.75) is 13.3 Å². The highest BCUT2D eigenvalue weighted by Gasteiger charge is 1.92. The van der Waals surface area contributed by atoms with E-state index in [2.05, 4.69) is 18.9 Å². The molecule has 1 aromatic rings. The Bertz CT molecular complexity index is 253. The molecule has 0 aromatic heterocycles. The first-order valence-electron chi connectivity index (χ1n) is 3.43. The SMILES string of the molecule is C#Cc1ccccc1CC. The van der Waals surface area contributed by atoms with Gasteiger partial charge in [-0.3, -0.25) is 0 Å². The second-order valence-corrected chi connectivity index (χ2v) is 2.16. The van der Waals surface area contributed by atoms with Crippen molar-refractivity contribution in [1.29, 1.82) is 0 Å². The lowest BCUT2D eigenvalue weighted by molar-refractivity contribution is 1.13. The molecule has 0 unspecified atom stereocenters. The lowest BCUT2D eigenvalue weighted by Crippen LogP contribution is -1.84. The summed E-state index contributed by atoms with van der Waals surface area (Å²) in [5.74, 6) is 2.65. The molecule has 0 radical (unpaired) electrons. The van der Waals surface area contributed by atoms with Gasteiger partial charge in [-0.1, -0.05) is 31.0 Å². The Labute approximate surface area is 61.9 Å². The molecule has 0 saturated carbocycles. The summed E-state index contributed by atoms with van der Waals surface area (Å²) in [4.78, 5) is 0. The van der Waals surface area contributed by atoms with Crippen LogP contribution in [0.25, 0.3) is 0 Å². The van der Waals surface area contributed by atoms with Crippen molar-refractivity contribution in [3.63, 3.8) is 0 Å². The molecular formula is C10H10. The summed E-state index contributed by atoms with van der Waals surface area (Å²) in [6.45, 7) is 2.11. The van der Waals surface area contributed by atoms with Gasteiger partial charge in [-0.15, -0.1) is 6.42 Å². The third kappa shape index (κ3) is 1.19. The van der Waals surface area contributed by atoms with Crippen molar-refractivity contribution in [2.24, 2.45) is 0 Å². The molecule has 1 aromatic carbocycles. The van der Waals surface area contributed by atoms with Crippen LogP contribution >= 0.6 is 0 Å². The number of aryl methyl sites for hydroxylation is 1. The fourth-order valence-corrected chi connectivity index (χ4v) is 0.969. The van der Waals surface area contributed by atoms with Crippen molar-refractivity contribution in [2.75, 3.05) is 0 Å². The molecule has 0 atom stereocenters. The molecule has 0 heterocycles. The van der Waals surface area contributed by atoms with Crippen molar-refractivity contribution in [3.8, 4) is 12.3 Å². The largest absolute Gasteiger partial charge is 0.115 e. The first-order chi connectivity index (χ1) is 4.88. The van der Waals surface area contributed by atoms with Gasteiger partial charge < -0.3 is 0 Å². The van der Waals surface area contributed by atoms with E-state index in [9.17, 15) is 0 Å². The van der Waals surface area contributed by atoms with E-state index in [1.807, 2.05) is 18.2 Å². The van der Waals surface area contributed by atoms with E-state index >= 15 is 0 Å². The number of terminal acetylenes is 1. The normalized spacial score (nSPS) is 8.80. The maximum Gasteiger partial charge on any atom is 0.0274 e. The molecule has 0 bridgehead atoms. The van der Waals surface area contributed by atoms with Crippen LogP contribution in [-0.4, -0.2) is 0 Å². The van der Waals surface area contributed by atoms with E-state index in [1.54, 1.807) is 0 Å². The lowest BCUT2D eigenvalue weighted by Gasteiger charge is -1.97. The van der Waals surface area contributed by atoms with E-state index in [4.69, 9.17) is 6.42 Å². The van der Waals surface area contributed by atoms with Crippen LogP contribution in [0.4, 0.5) is 0 Å². The van der Waals surface area contributed by atoms with Crippen molar-refractivity contribution in [1.82, 2.24) is 0 Å². The van der Waals surface area contributed by atoms with E-state index < -0.39 is 0 Å². The highest BCUT2D eigenvalue weighted by atomic mass is 14.0.